The summed E-state index contributed by atoms with van der Waals surface area (Å²) >= 11 is 0. The number of hydrogen-bond donors (Lipinski definition) is 0. The fourth-order valence-electron chi connectivity index (χ4n) is 3.86. The maximum absolute atomic E-state index is 13.3. The molecule has 0 saturated heterocycles. The van der Waals surface area contributed by atoms with Gasteiger partial charge in [0.1, 0.15) is 11.5 Å². The van der Waals surface area contributed by atoms with Gasteiger partial charge in [-0.1, -0.05) is 23.8 Å². The first kappa shape index (κ1) is 19.9. The highest BCUT2D eigenvalue weighted by Crippen LogP contribution is 2.26. The zero-order valence-corrected chi connectivity index (χ0v) is 17.7. The Morgan fingerprint density at radius 1 is 1.10 bits per heavy atom. The number of aromatic nitrogens is 3. The Hall–Kier alpha value is -3.42. The van der Waals surface area contributed by atoms with Crippen LogP contribution in [-0.2, 0) is 13.0 Å². The van der Waals surface area contributed by atoms with Crippen molar-refractivity contribution >= 4 is 11.8 Å². The first-order valence-electron chi connectivity index (χ1n) is 9.94. The largest absolute Gasteiger partial charge is 0.443 e. The molecule has 0 N–H and O–H groups in total. The second-order valence-corrected chi connectivity index (χ2v) is 7.75. The molecule has 0 bridgehead atoms. The minimum Gasteiger partial charge on any atom is -0.443 e. The molecule has 0 atom stereocenters. The number of carbonyl (C=O) groups is 2. The van der Waals surface area contributed by atoms with Gasteiger partial charge in [0.15, 0.2) is 17.8 Å². The first-order chi connectivity index (χ1) is 14.4. The van der Waals surface area contributed by atoms with E-state index in [4.69, 9.17) is 4.42 Å². The number of aryl methyl sites for hydroxylation is 2. The molecular weight excluding hydrogens is 382 g/mol. The van der Waals surface area contributed by atoms with E-state index in [0.29, 0.717) is 43.2 Å². The predicted octanol–water partition coefficient (Wildman–Crippen LogP) is 2.56. The maximum atomic E-state index is 13.3. The Balaban J connectivity index is 1.59. The van der Waals surface area contributed by atoms with Gasteiger partial charge in [0, 0.05) is 45.7 Å². The highest BCUT2D eigenvalue weighted by atomic mass is 16.3. The molecule has 0 aliphatic carbocycles. The number of benzene rings is 1. The van der Waals surface area contributed by atoms with Gasteiger partial charge >= 0.3 is 0 Å². The lowest BCUT2D eigenvalue weighted by atomic mass is 10.1. The van der Waals surface area contributed by atoms with E-state index in [1.54, 1.807) is 19.0 Å². The van der Waals surface area contributed by atoms with Gasteiger partial charge < -0.3 is 18.8 Å². The van der Waals surface area contributed by atoms with Crippen LogP contribution in [0.5, 0.6) is 0 Å². The van der Waals surface area contributed by atoms with Gasteiger partial charge in [-0.25, -0.2) is 9.97 Å². The van der Waals surface area contributed by atoms with Crippen LogP contribution in [0, 0.1) is 13.8 Å². The van der Waals surface area contributed by atoms with E-state index in [9.17, 15) is 9.59 Å². The highest BCUT2D eigenvalue weighted by Gasteiger charge is 2.29. The normalized spacial score (nSPS) is 13.7. The number of amides is 2. The van der Waals surface area contributed by atoms with Crippen LogP contribution in [0.25, 0.3) is 11.3 Å². The molecule has 0 spiro atoms. The maximum Gasteiger partial charge on any atom is 0.276 e. The topological polar surface area (TPSA) is 84.5 Å². The van der Waals surface area contributed by atoms with Crippen molar-refractivity contribution in [3.8, 4) is 11.3 Å². The lowest BCUT2D eigenvalue weighted by Gasteiger charge is -2.19. The second-order valence-electron chi connectivity index (χ2n) is 7.75. The van der Waals surface area contributed by atoms with Crippen LogP contribution in [0.3, 0.4) is 0 Å². The molecular formula is C22H25N5O3. The fraction of sp³-hybridized carbons (Fsp3) is 0.364. The highest BCUT2D eigenvalue weighted by molar-refractivity contribution is 5.98. The number of carbonyl (C=O) groups excluding carboxylic acids is 2. The monoisotopic (exact) mass is 407 g/mol. The third kappa shape index (κ3) is 3.49. The molecule has 3 aromatic rings. The van der Waals surface area contributed by atoms with Gasteiger partial charge in [-0.15, -0.1) is 0 Å². The molecule has 0 saturated carbocycles. The van der Waals surface area contributed by atoms with E-state index in [2.05, 4.69) is 9.97 Å². The van der Waals surface area contributed by atoms with Gasteiger partial charge in [0.05, 0.1) is 5.69 Å². The minimum absolute atomic E-state index is 0.120. The number of hydrogen-bond acceptors (Lipinski definition) is 5. The van der Waals surface area contributed by atoms with E-state index in [0.717, 1.165) is 22.6 Å². The zero-order valence-electron chi connectivity index (χ0n) is 17.7. The van der Waals surface area contributed by atoms with E-state index < -0.39 is 0 Å². The summed E-state index contributed by atoms with van der Waals surface area (Å²) in [6, 6.07) is 7.81. The van der Waals surface area contributed by atoms with Crippen molar-refractivity contribution in [2.24, 2.45) is 0 Å². The van der Waals surface area contributed by atoms with Crippen LogP contribution < -0.4 is 0 Å². The molecule has 1 aromatic carbocycles. The predicted molar refractivity (Wildman–Crippen MR) is 111 cm³/mol. The summed E-state index contributed by atoms with van der Waals surface area (Å²) in [6.45, 7) is 5.46. The second kappa shape index (κ2) is 7.78. The molecule has 156 valence electrons. The molecule has 4 rings (SSSR count). The smallest absolute Gasteiger partial charge is 0.276 e. The lowest BCUT2D eigenvalue weighted by molar-refractivity contribution is 0.0754. The molecule has 8 nitrogen and oxygen atoms in total. The summed E-state index contributed by atoms with van der Waals surface area (Å²) in [6.07, 6.45) is 1.87. The van der Waals surface area contributed by atoms with E-state index in [1.807, 2.05) is 42.7 Å². The summed E-state index contributed by atoms with van der Waals surface area (Å²) < 4.78 is 7.60. The van der Waals surface area contributed by atoms with Crippen molar-refractivity contribution in [1.29, 1.82) is 0 Å². The minimum atomic E-state index is -0.169. The van der Waals surface area contributed by atoms with E-state index >= 15 is 0 Å². The lowest BCUT2D eigenvalue weighted by Crippen LogP contribution is -2.34. The Labute approximate surface area is 175 Å². The molecule has 30 heavy (non-hydrogen) atoms. The van der Waals surface area contributed by atoms with E-state index in [-0.39, 0.29) is 11.8 Å². The summed E-state index contributed by atoms with van der Waals surface area (Å²) in [5.74, 6) is 0.974. The van der Waals surface area contributed by atoms with Crippen molar-refractivity contribution in [3.05, 3.63) is 59.1 Å². The number of nitrogens with zero attached hydrogens (tertiary/aromatic N) is 5. The number of imidazole rings is 1. The van der Waals surface area contributed by atoms with Crippen molar-refractivity contribution in [1.82, 2.24) is 24.3 Å². The molecule has 0 fully saturated rings. The fourth-order valence-corrected chi connectivity index (χ4v) is 3.86. The Kier molecular flexibility index (Phi) is 5.15. The number of fused-ring (bicyclic) bond motifs is 1. The first-order valence-corrected chi connectivity index (χ1v) is 9.94. The zero-order chi connectivity index (χ0) is 21.4. The molecule has 2 amide bonds. The van der Waals surface area contributed by atoms with Crippen LogP contribution in [0.4, 0.5) is 0 Å². The summed E-state index contributed by atoms with van der Waals surface area (Å²) in [5, 5.41) is 0. The van der Waals surface area contributed by atoms with Gasteiger partial charge in [0.2, 0.25) is 0 Å². The standard InChI is InChI=1S/C22H25N5O3/c1-14-6-5-7-16(12-14)20-19(23-13-30-20)22(29)26-9-8-17-18(21(28)25(3)4)24-15(2)27(17)11-10-26/h5-7,12-13H,8-11H2,1-4H3. The van der Waals surface area contributed by atoms with Gasteiger partial charge in [-0.2, -0.15) is 0 Å². The van der Waals surface area contributed by atoms with Gasteiger partial charge in [-0.3, -0.25) is 9.59 Å². The molecule has 0 radical (unpaired) electrons. The van der Waals surface area contributed by atoms with Gasteiger partial charge in [0.25, 0.3) is 11.8 Å². The molecule has 2 aromatic heterocycles. The Bertz CT molecular complexity index is 1110. The van der Waals surface area contributed by atoms with Crippen molar-refractivity contribution in [2.75, 3.05) is 27.2 Å². The third-order valence-electron chi connectivity index (χ3n) is 5.42. The molecule has 3 heterocycles. The molecule has 1 aliphatic rings. The summed E-state index contributed by atoms with van der Waals surface area (Å²) in [7, 11) is 3.43. The Morgan fingerprint density at radius 3 is 2.63 bits per heavy atom. The molecule has 1 aliphatic heterocycles. The third-order valence-corrected chi connectivity index (χ3v) is 5.42. The molecule has 8 heteroatoms. The molecule has 0 unspecified atom stereocenters. The van der Waals surface area contributed by atoms with Crippen LogP contribution in [-0.4, -0.2) is 63.3 Å². The SMILES string of the molecule is Cc1cccc(-c2ocnc2C(=O)N2CCc3c(C(=O)N(C)C)nc(C)n3CC2)c1. The number of rotatable bonds is 3. The number of oxazole rings is 1. The van der Waals surface area contributed by atoms with E-state index in [1.165, 1.54) is 11.3 Å². The van der Waals surface area contributed by atoms with Crippen LogP contribution in [0.1, 0.15) is 38.1 Å². The van der Waals surface area contributed by atoms with Gasteiger partial charge in [-0.05, 0) is 19.9 Å². The van der Waals surface area contributed by atoms with Crippen LogP contribution in [0.2, 0.25) is 0 Å². The van der Waals surface area contributed by atoms with Crippen LogP contribution >= 0.6 is 0 Å². The van der Waals surface area contributed by atoms with Crippen molar-refractivity contribution in [3.63, 3.8) is 0 Å². The van der Waals surface area contributed by atoms with Crippen LogP contribution in [0.15, 0.2) is 35.1 Å². The summed E-state index contributed by atoms with van der Waals surface area (Å²) in [5.41, 5.74) is 3.56. The average Bonchev–Trinajstić information content (AvgIpc) is 3.25. The average molecular weight is 407 g/mol. The summed E-state index contributed by atoms with van der Waals surface area (Å²) in [4.78, 5) is 37.8. The Morgan fingerprint density at radius 2 is 1.90 bits per heavy atom. The van der Waals surface area contributed by atoms with Crippen molar-refractivity contribution < 1.29 is 14.0 Å². The van der Waals surface area contributed by atoms with Crippen molar-refractivity contribution in [2.45, 2.75) is 26.8 Å². The quantitative estimate of drug-likeness (QED) is 0.666.